The molecule has 3 heterocycles. The van der Waals surface area contributed by atoms with Crippen LogP contribution in [0.15, 0.2) is 18.3 Å². The largest absolute Gasteiger partial charge is 0.356 e. The van der Waals surface area contributed by atoms with Gasteiger partial charge in [0.15, 0.2) is 0 Å². The molecule has 2 saturated heterocycles. The zero-order valence-electron chi connectivity index (χ0n) is 13.6. The Balaban J connectivity index is 1.83. The number of aromatic nitrogens is 1. The van der Waals surface area contributed by atoms with Crippen molar-refractivity contribution in [1.29, 1.82) is 0 Å². The molecule has 21 heavy (non-hydrogen) atoms. The predicted octanol–water partition coefficient (Wildman–Crippen LogP) is 3.86. The Bertz CT molecular complexity index is 452. The molecule has 1 aromatic heterocycles. The van der Waals surface area contributed by atoms with Crippen molar-refractivity contribution in [1.82, 2.24) is 9.88 Å². The topological polar surface area (TPSA) is 19.4 Å². The average Bonchev–Trinajstić information content (AvgIpc) is 2.95. The van der Waals surface area contributed by atoms with Crippen molar-refractivity contribution in [3.8, 4) is 0 Å². The third-order valence-electron chi connectivity index (χ3n) is 4.79. The van der Waals surface area contributed by atoms with E-state index in [-0.39, 0.29) is 0 Å². The first-order chi connectivity index (χ1) is 10.3. The minimum atomic E-state index is 0.582. The van der Waals surface area contributed by atoms with Crippen LogP contribution in [0.25, 0.3) is 0 Å². The van der Waals surface area contributed by atoms with E-state index in [2.05, 4.69) is 35.8 Å². The summed E-state index contributed by atoms with van der Waals surface area (Å²) in [4.78, 5) is 9.95. The zero-order valence-corrected chi connectivity index (χ0v) is 13.6. The van der Waals surface area contributed by atoms with Gasteiger partial charge in [-0.15, -0.1) is 0 Å². The van der Waals surface area contributed by atoms with Gasteiger partial charge >= 0.3 is 0 Å². The molecule has 1 aromatic rings. The summed E-state index contributed by atoms with van der Waals surface area (Å²) in [5, 5.41) is 0. The quantitative estimate of drug-likeness (QED) is 0.838. The molecule has 1 atom stereocenters. The molecule has 0 N–H and O–H groups in total. The molecule has 0 aromatic carbocycles. The van der Waals surface area contributed by atoms with E-state index < -0.39 is 0 Å². The normalized spacial score (nSPS) is 24.0. The second kappa shape index (κ2) is 6.78. The van der Waals surface area contributed by atoms with Gasteiger partial charge in [0, 0.05) is 37.4 Å². The van der Waals surface area contributed by atoms with Crippen LogP contribution < -0.4 is 4.90 Å². The Morgan fingerprint density at radius 3 is 2.71 bits per heavy atom. The van der Waals surface area contributed by atoms with Crippen molar-refractivity contribution >= 4 is 5.82 Å². The van der Waals surface area contributed by atoms with Crippen LogP contribution in [-0.4, -0.2) is 36.1 Å². The summed E-state index contributed by atoms with van der Waals surface area (Å²) < 4.78 is 0. The number of rotatable bonds is 4. The molecule has 0 unspecified atom stereocenters. The van der Waals surface area contributed by atoms with Crippen LogP contribution in [-0.2, 0) is 0 Å². The maximum atomic E-state index is 4.76. The number of pyridine rings is 1. The molecule has 3 heteroatoms. The molecule has 2 aliphatic heterocycles. The van der Waals surface area contributed by atoms with E-state index in [0.717, 1.165) is 5.92 Å². The van der Waals surface area contributed by atoms with E-state index >= 15 is 0 Å². The number of anilines is 1. The van der Waals surface area contributed by atoms with Crippen molar-refractivity contribution in [3.05, 3.63) is 23.9 Å². The highest BCUT2D eigenvalue weighted by atomic mass is 15.2. The molecular formula is C18H29N3. The van der Waals surface area contributed by atoms with Gasteiger partial charge in [-0.3, -0.25) is 4.90 Å². The first-order valence-corrected chi connectivity index (χ1v) is 8.69. The highest BCUT2D eigenvalue weighted by Crippen LogP contribution is 2.37. The number of nitrogens with zero attached hydrogens (tertiary/aromatic N) is 3. The van der Waals surface area contributed by atoms with Gasteiger partial charge in [-0.25, -0.2) is 4.98 Å². The fourth-order valence-electron chi connectivity index (χ4n) is 3.91. The van der Waals surface area contributed by atoms with Crippen LogP contribution in [0.3, 0.4) is 0 Å². The second-order valence-electron chi connectivity index (χ2n) is 7.01. The molecule has 0 bridgehead atoms. The maximum Gasteiger partial charge on any atom is 0.133 e. The lowest BCUT2D eigenvalue weighted by Crippen LogP contribution is -2.33. The van der Waals surface area contributed by atoms with Gasteiger partial charge in [-0.1, -0.05) is 19.9 Å². The maximum absolute atomic E-state index is 4.76. The Morgan fingerprint density at radius 1 is 1.14 bits per heavy atom. The Morgan fingerprint density at radius 2 is 1.95 bits per heavy atom. The van der Waals surface area contributed by atoms with Gasteiger partial charge in [-0.05, 0) is 50.6 Å². The van der Waals surface area contributed by atoms with Crippen molar-refractivity contribution in [2.24, 2.45) is 5.92 Å². The zero-order chi connectivity index (χ0) is 14.7. The molecule has 3 rings (SSSR count). The summed E-state index contributed by atoms with van der Waals surface area (Å²) in [6, 6.07) is 5.02. The fourth-order valence-corrected chi connectivity index (χ4v) is 3.91. The van der Waals surface area contributed by atoms with Crippen molar-refractivity contribution in [2.45, 2.75) is 52.0 Å². The van der Waals surface area contributed by atoms with Crippen molar-refractivity contribution in [3.63, 3.8) is 0 Å². The van der Waals surface area contributed by atoms with Gasteiger partial charge in [-0.2, -0.15) is 0 Å². The summed E-state index contributed by atoms with van der Waals surface area (Å²) in [6.07, 6.45) is 8.59. The standard InChI is InChI=1S/C18H29N3/c1-15(2)14-21-13-7-9-17(21)16-8-6-10-19-18(16)20-11-4-3-5-12-20/h6,8,10,15,17H,3-5,7,9,11-14H2,1-2H3/t17-/m0/s1. The highest BCUT2D eigenvalue weighted by Gasteiger charge is 2.30. The van der Waals surface area contributed by atoms with Crippen LogP contribution in [0.5, 0.6) is 0 Å². The third kappa shape index (κ3) is 3.39. The molecule has 116 valence electrons. The van der Waals surface area contributed by atoms with Crippen LogP contribution in [0.4, 0.5) is 5.82 Å². The van der Waals surface area contributed by atoms with E-state index in [0.29, 0.717) is 6.04 Å². The molecule has 0 spiro atoms. The smallest absolute Gasteiger partial charge is 0.133 e. The van der Waals surface area contributed by atoms with Gasteiger partial charge < -0.3 is 4.90 Å². The lowest BCUT2D eigenvalue weighted by molar-refractivity contribution is 0.228. The van der Waals surface area contributed by atoms with Crippen LogP contribution in [0.1, 0.15) is 57.6 Å². The Kier molecular flexibility index (Phi) is 4.79. The van der Waals surface area contributed by atoms with Crippen LogP contribution >= 0.6 is 0 Å². The van der Waals surface area contributed by atoms with Crippen LogP contribution in [0, 0.1) is 5.92 Å². The molecule has 2 fully saturated rings. The molecule has 0 amide bonds. The second-order valence-corrected chi connectivity index (χ2v) is 7.01. The minimum absolute atomic E-state index is 0.582. The Hall–Kier alpha value is -1.09. The number of hydrogen-bond acceptors (Lipinski definition) is 3. The van der Waals surface area contributed by atoms with E-state index in [9.17, 15) is 0 Å². The van der Waals surface area contributed by atoms with Gasteiger partial charge in [0.2, 0.25) is 0 Å². The fraction of sp³-hybridized carbons (Fsp3) is 0.722. The van der Waals surface area contributed by atoms with E-state index in [1.54, 1.807) is 0 Å². The highest BCUT2D eigenvalue weighted by molar-refractivity contribution is 5.49. The molecule has 0 aliphatic carbocycles. The van der Waals surface area contributed by atoms with Gasteiger partial charge in [0.1, 0.15) is 5.82 Å². The van der Waals surface area contributed by atoms with Crippen molar-refractivity contribution < 1.29 is 0 Å². The first kappa shape index (κ1) is 14.8. The van der Waals surface area contributed by atoms with Gasteiger partial charge in [0.25, 0.3) is 0 Å². The van der Waals surface area contributed by atoms with E-state index in [1.165, 1.54) is 69.7 Å². The average molecular weight is 287 g/mol. The van der Waals surface area contributed by atoms with E-state index in [4.69, 9.17) is 4.98 Å². The van der Waals surface area contributed by atoms with Crippen molar-refractivity contribution in [2.75, 3.05) is 31.1 Å². The summed E-state index contributed by atoms with van der Waals surface area (Å²) >= 11 is 0. The first-order valence-electron chi connectivity index (χ1n) is 8.69. The molecule has 0 radical (unpaired) electrons. The Labute approximate surface area is 129 Å². The molecule has 2 aliphatic rings. The number of hydrogen-bond donors (Lipinski definition) is 0. The minimum Gasteiger partial charge on any atom is -0.356 e. The summed E-state index contributed by atoms with van der Waals surface area (Å²) in [6.45, 7) is 9.46. The molecule has 0 saturated carbocycles. The number of likely N-dealkylation sites (tertiary alicyclic amines) is 1. The molecular weight excluding hydrogens is 258 g/mol. The SMILES string of the molecule is CC(C)CN1CCC[C@H]1c1cccnc1N1CCCCC1. The predicted molar refractivity (Wildman–Crippen MR) is 88.7 cm³/mol. The monoisotopic (exact) mass is 287 g/mol. The lowest BCUT2D eigenvalue weighted by atomic mass is 10.0. The lowest BCUT2D eigenvalue weighted by Gasteiger charge is -2.33. The van der Waals surface area contributed by atoms with E-state index in [1.807, 2.05) is 6.20 Å². The third-order valence-corrected chi connectivity index (χ3v) is 4.79. The molecule has 3 nitrogen and oxygen atoms in total. The van der Waals surface area contributed by atoms with Gasteiger partial charge in [0.05, 0.1) is 0 Å². The van der Waals surface area contributed by atoms with Crippen LogP contribution in [0.2, 0.25) is 0 Å². The summed E-state index contributed by atoms with van der Waals surface area (Å²) in [5.74, 6) is 2.00. The summed E-state index contributed by atoms with van der Waals surface area (Å²) in [7, 11) is 0. The summed E-state index contributed by atoms with van der Waals surface area (Å²) in [5.41, 5.74) is 1.47. The number of piperidine rings is 1.